The minimum atomic E-state index is -1.43. The minimum Gasteiger partial charge on any atom is -0.455 e. The number of aliphatic hydroxyl groups is 1. The maximum Gasteiger partial charge on any atom is 0.303 e. The number of hydrogen-bond donors (Lipinski definition) is 1. The molecule has 128 valence electrons. The average molecular weight is 326 g/mol. The van der Waals surface area contributed by atoms with Gasteiger partial charge in [-0.25, -0.2) is 0 Å². The van der Waals surface area contributed by atoms with Crippen molar-refractivity contribution >= 4 is 17.9 Å². The zero-order chi connectivity index (χ0) is 17.3. The van der Waals surface area contributed by atoms with E-state index in [9.17, 15) is 19.5 Å². The topological polar surface area (TPSA) is 99.1 Å². The van der Waals surface area contributed by atoms with Crippen molar-refractivity contribution < 1.29 is 33.7 Å². The van der Waals surface area contributed by atoms with E-state index in [4.69, 9.17) is 14.2 Å². The van der Waals surface area contributed by atoms with Gasteiger partial charge in [0.2, 0.25) is 0 Å². The van der Waals surface area contributed by atoms with Crippen LogP contribution >= 0.6 is 0 Å². The van der Waals surface area contributed by atoms with Crippen molar-refractivity contribution in [3.63, 3.8) is 0 Å². The van der Waals surface area contributed by atoms with E-state index in [1.165, 1.54) is 26.8 Å². The highest BCUT2D eigenvalue weighted by atomic mass is 16.6. The first-order valence-corrected chi connectivity index (χ1v) is 7.66. The Labute approximate surface area is 134 Å². The number of carbonyl (C=O) groups excluding carboxylic acids is 3. The van der Waals surface area contributed by atoms with Crippen LogP contribution in [0.5, 0.6) is 0 Å². The molecule has 0 amide bonds. The first kappa shape index (κ1) is 17.5. The summed E-state index contributed by atoms with van der Waals surface area (Å²) in [6.07, 6.45) is 2.87. The molecule has 1 fully saturated rings. The fourth-order valence-electron chi connectivity index (χ4n) is 3.66. The largest absolute Gasteiger partial charge is 0.455 e. The summed E-state index contributed by atoms with van der Waals surface area (Å²) in [6, 6.07) is 0. The third kappa shape index (κ3) is 3.10. The fraction of sp³-hybridized carbons (Fsp3) is 0.688. The number of aliphatic hydroxyl groups excluding tert-OH is 1. The highest BCUT2D eigenvalue weighted by Gasteiger charge is 2.65. The second-order valence-electron chi connectivity index (χ2n) is 6.05. The second-order valence-corrected chi connectivity index (χ2v) is 6.05. The van der Waals surface area contributed by atoms with Gasteiger partial charge in [0.1, 0.15) is 6.10 Å². The lowest BCUT2D eigenvalue weighted by Gasteiger charge is -2.55. The van der Waals surface area contributed by atoms with Gasteiger partial charge in [0.15, 0.2) is 17.3 Å². The highest BCUT2D eigenvalue weighted by molar-refractivity contribution is 5.70. The van der Waals surface area contributed by atoms with Crippen molar-refractivity contribution in [1.29, 1.82) is 0 Å². The van der Waals surface area contributed by atoms with Crippen LogP contribution < -0.4 is 0 Å². The standard InChI is InChI=1S/C16H22O7/c1-10(17)21-14-13(20)6-9-15(22-11(2)18)7-4-5-8-16(14,15)23-12(3)19/h6,9,13-14,20H,4-5,7-8H2,1-3H3/t13-,14-,15+,16+/m0/s1. The van der Waals surface area contributed by atoms with Crippen molar-refractivity contribution in [3.05, 3.63) is 12.2 Å². The van der Waals surface area contributed by atoms with Gasteiger partial charge in [-0.05, 0) is 31.8 Å². The van der Waals surface area contributed by atoms with E-state index < -0.39 is 41.3 Å². The first-order valence-electron chi connectivity index (χ1n) is 7.66. The molecule has 0 spiro atoms. The van der Waals surface area contributed by atoms with Crippen LogP contribution in [0.4, 0.5) is 0 Å². The van der Waals surface area contributed by atoms with Gasteiger partial charge in [-0.1, -0.05) is 6.08 Å². The molecule has 2 aliphatic rings. The number of fused-ring (bicyclic) bond motifs is 1. The van der Waals surface area contributed by atoms with E-state index in [1.807, 2.05) is 0 Å². The van der Waals surface area contributed by atoms with Gasteiger partial charge in [0.25, 0.3) is 0 Å². The Morgan fingerprint density at radius 2 is 1.61 bits per heavy atom. The van der Waals surface area contributed by atoms with Crippen LogP contribution in [-0.2, 0) is 28.6 Å². The Morgan fingerprint density at radius 1 is 1.00 bits per heavy atom. The Hall–Kier alpha value is -1.89. The molecule has 4 atom stereocenters. The molecule has 0 heterocycles. The normalized spacial score (nSPS) is 35.8. The van der Waals surface area contributed by atoms with Crippen molar-refractivity contribution in [2.45, 2.75) is 69.9 Å². The zero-order valence-corrected chi connectivity index (χ0v) is 13.5. The molecule has 0 unspecified atom stereocenters. The van der Waals surface area contributed by atoms with Crippen molar-refractivity contribution in [2.75, 3.05) is 0 Å². The molecular weight excluding hydrogens is 304 g/mol. The van der Waals surface area contributed by atoms with E-state index in [1.54, 1.807) is 6.08 Å². The lowest BCUT2D eigenvalue weighted by molar-refractivity contribution is -0.255. The van der Waals surface area contributed by atoms with Gasteiger partial charge in [-0.3, -0.25) is 14.4 Å². The van der Waals surface area contributed by atoms with Crippen LogP contribution in [0.2, 0.25) is 0 Å². The smallest absolute Gasteiger partial charge is 0.303 e. The molecule has 1 N–H and O–H groups in total. The molecule has 23 heavy (non-hydrogen) atoms. The minimum absolute atomic E-state index is 0.319. The quantitative estimate of drug-likeness (QED) is 0.470. The third-order valence-corrected chi connectivity index (χ3v) is 4.34. The summed E-state index contributed by atoms with van der Waals surface area (Å²) in [5, 5.41) is 10.3. The fourth-order valence-corrected chi connectivity index (χ4v) is 3.66. The molecule has 0 bridgehead atoms. The molecule has 0 aliphatic heterocycles. The lowest BCUT2D eigenvalue weighted by atomic mass is 9.64. The van der Waals surface area contributed by atoms with E-state index in [0.717, 1.165) is 6.42 Å². The Kier molecular flexibility index (Phi) is 4.79. The van der Waals surface area contributed by atoms with Crippen LogP contribution in [0, 0.1) is 0 Å². The summed E-state index contributed by atoms with van der Waals surface area (Å²) < 4.78 is 16.4. The number of rotatable bonds is 3. The molecule has 1 saturated carbocycles. The third-order valence-electron chi connectivity index (χ3n) is 4.34. The van der Waals surface area contributed by atoms with Crippen LogP contribution in [0.1, 0.15) is 46.5 Å². The molecule has 2 rings (SSSR count). The van der Waals surface area contributed by atoms with Crippen molar-refractivity contribution in [2.24, 2.45) is 0 Å². The van der Waals surface area contributed by atoms with E-state index in [2.05, 4.69) is 0 Å². The maximum absolute atomic E-state index is 11.7. The SMILES string of the molecule is CC(=O)O[C@H]1[C@@H](O)C=C[C@]2(OC(C)=O)CCCC[C@@]12OC(C)=O. The molecule has 0 radical (unpaired) electrons. The van der Waals surface area contributed by atoms with Gasteiger partial charge < -0.3 is 19.3 Å². The molecular formula is C16H22O7. The monoisotopic (exact) mass is 326 g/mol. The molecule has 0 aromatic rings. The molecule has 0 aromatic carbocycles. The van der Waals surface area contributed by atoms with E-state index in [-0.39, 0.29) is 0 Å². The molecule has 7 heteroatoms. The zero-order valence-electron chi connectivity index (χ0n) is 13.5. The summed E-state index contributed by atoms with van der Waals surface area (Å²) in [5.74, 6) is -1.74. The molecule has 0 aromatic heterocycles. The summed E-state index contributed by atoms with van der Waals surface area (Å²) in [6.45, 7) is 3.71. The highest BCUT2D eigenvalue weighted by Crippen LogP contribution is 2.50. The van der Waals surface area contributed by atoms with Crippen molar-refractivity contribution in [1.82, 2.24) is 0 Å². The summed E-state index contributed by atoms with van der Waals surface area (Å²) in [4.78, 5) is 34.8. The maximum atomic E-state index is 11.7. The summed E-state index contributed by atoms with van der Waals surface area (Å²) in [5.41, 5.74) is -2.68. The van der Waals surface area contributed by atoms with Crippen LogP contribution in [0.3, 0.4) is 0 Å². The Balaban J connectivity index is 2.58. The Bertz CT molecular complexity index is 541. The summed E-state index contributed by atoms with van der Waals surface area (Å²) in [7, 11) is 0. The van der Waals surface area contributed by atoms with Crippen molar-refractivity contribution in [3.8, 4) is 0 Å². The van der Waals surface area contributed by atoms with E-state index in [0.29, 0.717) is 19.3 Å². The predicted octanol–water partition coefficient (Wildman–Crippen LogP) is 1.03. The van der Waals surface area contributed by atoms with Gasteiger partial charge in [-0.15, -0.1) is 0 Å². The molecule has 0 saturated heterocycles. The Morgan fingerprint density at radius 3 is 2.17 bits per heavy atom. The first-order chi connectivity index (χ1) is 10.7. The van der Waals surface area contributed by atoms with Gasteiger partial charge in [-0.2, -0.15) is 0 Å². The van der Waals surface area contributed by atoms with Crippen LogP contribution in [0.25, 0.3) is 0 Å². The number of ether oxygens (including phenoxy) is 3. The van der Waals surface area contributed by atoms with E-state index >= 15 is 0 Å². The summed E-state index contributed by atoms with van der Waals surface area (Å²) >= 11 is 0. The van der Waals surface area contributed by atoms with Gasteiger partial charge in [0.05, 0.1) is 0 Å². The number of esters is 3. The second kappa shape index (κ2) is 6.31. The number of hydrogen-bond acceptors (Lipinski definition) is 7. The molecule has 7 nitrogen and oxygen atoms in total. The van der Waals surface area contributed by atoms with Crippen LogP contribution in [0.15, 0.2) is 12.2 Å². The molecule has 2 aliphatic carbocycles. The lowest BCUT2D eigenvalue weighted by Crippen LogP contribution is -2.70. The predicted molar refractivity (Wildman–Crippen MR) is 78.2 cm³/mol. The number of carbonyl (C=O) groups is 3. The van der Waals surface area contributed by atoms with Crippen LogP contribution in [-0.4, -0.2) is 46.4 Å². The van der Waals surface area contributed by atoms with Gasteiger partial charge in [0, 0.05) is 20.8 Å². The van der Waals surface area contributed by atoms with Gasteiger partial charge >= 0.3 is 17.9 Å². The average Bonchev–Trinajstić information content (AvgIpc) is 2.42.